The molecule has 9 nitrogen and oxygen atoms in total. The summed E-state index contributed by atoms with van der Waals surface area (Å²) in [6, 6.07) is 14.2. The Morgan fingerprint density at radius 1 is 1.05 bits per heavy atom. The lowest BCUT2D eigenvalue weighted by Gasteiger charge is -2.34. The number of hydrogen-bond donors (Lipinski definition) is 3. The van der Waals surface area contributed by atoms with Gasteiger partial charge in [0.15, 0.2) is 0 Å². The lowest BCUT2D eigenvalue weighted by Crippen LogP contribution is -2.54. The first-order valence-corrected chi connectivity index (χ1v) is 12.3. The Balaban J connectivity index is 1.58. The Bertz CT molecular complexity index is 1290. The molecule has 0 saturated heterocycles. The van der Waals surface area contributed by atoms with Crippen molar-refractivity contribution in [1.82, 2.24) is 15.2 Å². The van der Waals surface area contributed by atoms with Gasteiger partial charge < -0.3 is 16.2 Å². The molecule has 0 radical (unpaired) electrons. The normalized spacial score (nSPS) is 16.2. The number of aliphatic carboxylic acids is 1. The van der Waals surface area contributed by atoms with Gasteiger partial charge in [-0.1, -0.05) is 50.6 Å². The van der Waals surface area contributed by atoms with Crippen LogP contribution in [0.5, 0.6) is 0 Å². The monoisotopic (exact) mass is 502 g/mol. The number of carboxylic acid groups (broad SMARTS) is 1. The third kappa shape index (κ3) is 5.08. The molecule has 2 aromatic carbocycles. The van der Waals surface area contributed by atoms with Crippen molar-refractivity contribution in [1.29, 1.82) is 0 Å². The molecule has 0 saturated carbocycles. The van der Waals surface area contributed by atoms with Gasteiger partial charge in [0.2, 0.25) is 5.91 Å². The molecule has 2 unspecified atom stereocenters. The Kier molecular flexibility index (Phi) is 7.63. The van der Waals surface area contributed by atoms with E-state index in [9.17, 15) is 24.3 Å². The van der Waals surface area contributed by atoms with Gasteiger partial charge in [0.25, 0.3) is 11.8 Å². The van der Waals surface area contributed by atoms with Gasteiger partial charge in [-0.3, -0.25) is 29.1 Å². The molecule has 0 bridgehead atoms. The summed E-state index contributed by atoms with van der Waals surface area (Å²) in [5, 5.41) is 14.6. The molecule has 2 heterocycles. The van der Waals surface area contributed by atoms with Crippen molar-refractivity contribution >= 4 is 34.5 Å². The topological polar surface area (TPSA) is 143 Å². The van der Waals surface area contributed by atoms with E-state index in [1.807, 2.05) is 31.2 Å². The number of carbonyl (C=O) groups excluding carboxylic acids is 3. The highest BCUT2D eigenvalue weighted by molar-refractivity contribution is 6.23. The van der Waals surface area contributed by atoms with Gasteiger partial charge in [-0.15, -0.1) is 0 Å². The van der Waals surface area contributed by atoms with Crippen LogP contribution in [-0.4, -0.2) is 44.8 Å². The van der Waals surface area contributed by atoms with Crippen LogP contribution in [0, 0.1) is 17.8 Å². The summed E-state index contributed by atoms with van der Waals surface area (Å²) >= 11 is 0. The number of pyridine rings is 1. The predicted octanol–water partition coefficient (Wildman–Crippen LogP) is 3.19. The molecule has 4 rings (SSSR count). The van der Waals surface area contributed by atoms with E-state index >= 15 is 0 Å². The second-order valence-corrected chi connectivity index (χ2v) is 9.41. The largest absolute Gasteiger partial charge is 0.481 e. The molecule has 1 aliphatic rings. The zero-order valence-corrected chi connectivity index (χ0v) is 20.8. The molecule has 0 aliphatic carbocycles. The lowest BCUT2D eigenvalue weighted by atomic mass is 9.77. The highest BCUT2D eigenvalue weighted by atomic mass is 16.4. The summed E-state index contributed by atoms with van der Waals surface area (Å²) in [5.41, 5.74) is 7.67. The van der Waals surface area contributed by atoms with Crippen molar-refractivity contribution in [2.24, 2.45) is 23.5 Å². The van der Waals surface area contributed by atoms with Crippen LogP contribution in [-0.2, 0) is 16.1 Å². The van der Waals surface area contributed by atoms with E-state index < -0.39 is 47.6 Å². The lowest BCUT2D eigenvalue weighted by molar-refractivity contribution is -0.151. The van der Waals surface area contributed by atoms with E-state index in [0.29, 0.717) is 12.8 Å². The zero-order chi connectivity index (χ0) is 26.7. The fourth-order valence-corrected chi connectivity index (χ4v) is 5.04. The number of nitrogens with zero attached hydrogens (tertiary/aromatic N) is 2. The van der Waals surface area contributed by atoms with Crippen LogP contribution in [0.3, 0.4) is 0 Å². The van der Waals surface area contributed by atoms with Crippen LogP contribution in [0.2, 0.25) is 0 Å². The van der Waals surface area contributed by atoms with Crippen LogP contribution in [0.25, 0.3) is 10.8 Å². The van der Waals surface area contributed by atoms with Crippen LogP contribution < -0.4 is 11.1 Å². The van der Waals surface area contributed by atoms with E-state index in [0.717, 1.165) is 21.2 Å². The maximum absolute atomic E-state index is 13.3. The smallest absolute Gasteiger partial charge is 0.307 e. The summed E-state index contributed by atoms with van der Waals surface area (Å²) in [7, 11) is 0. The maximum Gasteiger partial charge on any atom is 0.307 e. The number of benzene rings is 2. The van der Waals surface area contributed by atoms with Gasteiger partial charge in [0.05, 0.1) is 29.1 Å². The Labute approximate surface area is 214 Å². The van der Waals surface area contributed by atoms with Gasteiger partial charge in [-0.25, -0.2) is 0 Å². The number of fused-ring (bicyclic) bond motifs is 2. The van der Waals surface area contributed by atoms with Crippen molar-refractivity contribution in [3.63, 3.8) is 0 Å². The van der Waals surface area contributed by atoms with E-state index in [1.54, 1.807) is 43.6 Å². The van der Waals surface area contributed by atoms with Crippen molar-refractivity contribution in [3.8, 4) is 0 Å². The minimum Gasteiger partial charge on any atom is -0.481 e. The Hall–Kier alpha value is -4.11. The van der Waals surface area contributed by atoms with Crippen molar-refractivity contribution in [2.45, 2.75) is 39.4 Å². The third-order valence-electron chi connectivity index (χ3n) is 7.03. The standard InChI is InChI=1S/C28H30N4O5/c1-3-7-20(25(33)31-15-17-8-6-11-30-14-17)23(28(36)37)16(2)24(29)32-26(34)21-12-18-9-4-5-10-19(18)13-22(21)27(32)35/h4-6,8-14,16,20,23-24H,3,7,15,29H2,1-2H3,(H,31,33)(H,36,37)/t16?,20-,23+,24?/m0/s1. The summed E-state index contributed by atoms with van der Waals surface area (Å²) in [6.07, 6.45) is 2.88. The second-order valence-electron chi connectivity index (χ2n) is 9.41. The highest BCUT2D eigenvalue weighted by Gasteiger charge is 2.46. The molecule has 0 spiro atoms. The molecule has 3 amide bonds. The van der Waals surface area contributed by atoms with Gasteiger partial charge in [-0.05, 0) is 41.0 Å². The highest BCUT2D eigenvalue weighted by Crippen LogP contribution is 2.34. The minimum atomic E-state index is -1.23. The summed E-state index contributed by atoms with van der Waals surface area (Å²) in [6.45, 7) is 3.63. The average molecular weight is 503 g/mol. The first-order chi connectivity index (χ1) is 17.7. The van der Waals surface area contributed by atoms with Gasteiger partial charge in [-0.2, -0.15) is 0 Å². The number of hydrogen-bond acceptors (Lipinski definition) is 6. The molecule has 0 fully saturated rings. The van der Waals surface area contributed by atoms with Crippen molar-refractivity contribution < 1.29 is 24.3 Å². The molecular formula is C28H30N4O5. The van der Waals surface area contributed by atoms with E-state index in [4.69, 9.17) is 5.73 Å². The van der Waals surface area contributed by atoms with Gasteiger partial charge in [0.1, 0.15) is 0 Å². The molecule has 1 aliphatic heterocycles. The SMILES string of the molecule is CCC[C@H](C(=O)NCc1cccnc1)[C@H](C(=O)O)C(C)C(N)N1C(=O)c2cc3ccccc3cc2C1=O. The summed E-state index contributed by atoms with van der Waals surface area (Å²) in [4.78, 5) is 57.1. The fraction of sp³-hybridized carbons (Fsp3) is 0.321. The average Bonchev–Trinajstić information content (AvgIpc) is 3.14. The zero-order valence-electron chi connectivity index (χ0n) is 20.8. The molecule has 37 heavy (non-hydrogen) atoms. The summed E-state index contributed by atoms with van der Waals surface area (Å²) in [5.74, 6) is -5.78. The van der Waals surface area contributed by atoms with E-state index in [1.165, 1.54) is 0 Å². The Morgan fingerprint density at radius 3 is 2.19 bits per heavy atom. The first kappa shape index (κ1) is 26.0. The van der Waals surface area contributed by atoms with E-state index in [2.05, 4.69) is 10.3 Å². The van der Waals surface area contributed by atoms with E-state index in [-0.39, 0.29) is 17.7 Å². The molecule has 4 atom stereocenters. The first-order valence-electron chi connectivity index (χ1n) is 12.3. The number of imide groups is 1. The maximum atomic E-state index is 13.3. The molecular weight excluding hydrogens is 472 g/mol. The Morgan fingerprint density at radius 2 is 1.68 bits per heavy atom. The van der Waals surface area contributed by atoms with Crippen molar-refractivity contribution in [2.75, 3.05) is 0 Å². The number of rotatable bonds is 10. The molecule has 9 heteroatoms. The molecule has 3 aromatic rings. The minimum absolute atomic E-state index is 0.200. The number of aromatic nitrogens is 1. The number of carbonyl (C=O) groups is 4. The molecule has 192 valence electrons. The number of nitrogens with one attached hydrogen (secondary N) is 1. The number of amides is 3. The van der Waals surface area contributed by atoms with Crippen LogP contribution in [0.4, 0.5) is 0 Å². The van der Waals surface area contributed by atoms with Crippen LogP contribution in [0.1, 0.15) is 53.0 Å². The van der Waals surface area contributed by atoms with Gasteiger partial charge >= 0.3 is 5.97 Å². The number of nitrogens with two attached hydrogens (primary N) is 1. The molecule has 1 aromatic heterocycles. The van der Waals surface area contributed by atoms with Crippen LogP contribution >= 0.6 is 0 Å². The van der Waals surface area contributed by atoms with Crippen LogP contribution in [0.15, 0.2) is 60.9 Å². The van der Waals surface area contributed by atoms with Gasteiger partial charge in [0, 0.05) is 24.9 Å². The summed E-state index contributed by atoms with van der Waals surface area (Å²) < 4.78 is 0. The second kappa shape index (κ2) is 10.9. The third-order valence-corrected chi connectivity index (χ3v) is 7.03. The fourth-order valence-electron chi connectivity index (χ4n) is 5.04. The molecule has 4 N–H and O–H groups in total. The number of carboxylic acids is 1. The predicted molar refractivity (Wildman–Crippen MR) is 137 cm³/mol. The van der Waals surface area contributed by atoms with Crippen molar-refractivity contribution in [3.05, 3.63) is 77.6 Å². The quantitative estimate of drug-likeness (QED) is 0.361.